The molecule has 1 aromatic carbocycles. The highest BCUT2D eigenvalue weighted by molar-refractivity contribution is 6.32. The Hall–Kier alpha value is -2.07. The van der Waals surface area contributed by atoms with Gasteiger partial charge in [-0.05, 0) is 17.5 Å². The summed E-state index contributed by atoms with van der Waals surface area (Å²) in [6.45, 7) is 0. The van der Waals surface area contributed by atoms with Crippen LogP contribution in [0.4, 0.5) is 5.69 Å². The van der Waals surface area contributed by atoms with Crippen LogP contribution in [0.15, 0.2) is 42.9 Å². The summed E-state index contributed by atoms with van der Waals surface area (Å²) in [6, 6.07) is 10.0. The number of rotatable bonds is 1. The Balaban J connectivity index is 2.31. The first-order chi connectivity index (χ1) is 8.27. The van der Waals surface area contributed by atoms with Gasteiger partial charge in [0.05, 0.1) is 5.52 Å². The summed E-state index contributed by atoms with van der Waals surface area (Å²) in [7, 11) is 0. The number of halogens is 1. The third kappa shape index (κ3) is 1.54. The van der Waals surface area contributed by atoms with Gasteiger partial charge in [0, 0.05) is 6.20 Å². The molecule has 0 unspecified atom stereocenters. The van der Waals surface area contributed by atoms with Crippen LogP contribution < -0.4 is 5.73 Å². The zero-order chi connectivity index (χ0) is 11.8. The Morgan fingerprint density at radius 2 is 1.94 bits per heavy atom. The zero-order valence-corrected chi connectivity index (χ0v) is 9.59. The van der Waals surface area contributed by atoms with Crippen molar-refractivity contribution in [3.8, 4) is 5.82 Å². The van der Waals surface area contributed by atoms with Crippen LogP contribution in [-0.2, 0) is 0 Å². The van der Waals surface area contributed by atoms with Gasteiger partial charge in [-0.25, -0.2) is 9.97 Å². The van der Waals surface area contributed by atoms with E-state index in [1.807, 2.05) is 41.1 Å². The Bertz CT molecular complexity index is 690. The molecule has 3 rings (SSSR count). The van der Waals surface area contributed by atoms with E-state index in [0.29, 0.717) is 11.5 Å². The summed E-state index contributed by atoms with van der Waals surface area (Å²) >= 11 is 5.89. The first kappa shape index (κ1) is 10.1. The molecule has 84 valence electrons. The lowest BCUT2D eigenvalue weighted by atomic mass is 10.2. The molecule has 5 heteroatoms. The van der Waals surface area contributed by atoms with Crippen LogP contribution in [0.5, 0.6) is 0 Å². The quantitative estimate of drug-likeness (QED) is 0.670. The minimum absolute atomic E-state index is 0.271. The number of nitrogens with two attached hydrogens (primary N) is 1. The Kier molecular flexibility index (Phi) is 2.23. The highest BCUT2D eigenvalue weighted by Gasteiger charge is 2.10. The predicted molar refractivity (Wildman–Crippen MR) is 68.3 cm³/mol. The number of fused-ring (bicyclic) bond motifs is 1. The van der Waals surface area contributed by atoms with Gasteiger partial charge in [-0.1, -0.05) is 29.8 Å². The number of hydrogen-bond acceptors (Lipinski definition) is 3. The highest BCUT2D eigenvalue weighted by atomic mass is 35.5. The lowest BCUT2D eigenvalue weighted by Gasteiger charge is -2.07. The van der Waals surface area contributed by atoms with Crippen LogP contribution >= 0.6 is 11.6 Å². The molecule has 0 aliphatic rings. The maximum absolute atomic E-state index is 5.89. The number of nitrogens with zero attached hydrogens (tertiary/aromatic N) is 3. The van der Waals surface area contributed by atoms with Crippen LogP contribution in [0.3, 0.4) is 0 Å². The molecular formula is C12H9ClN4. The normalized spacial score (nSPS) is 10.9. The fourth-order valence-corrected chi connectivity index (χ4v) is 1.95. The van der Waals surface area contributed by atoms with Crippen molar-refractivity contribution < 1.29 is 0 Å². The molecule has 2 aromatic heterocycles. The predicted octanol–water partition coefficient (Wildman–Crippen LogP) is 2.66. The zero-order valence-electron chi connectivity index (χ0n) is 8.84. The molecule has 3 aromatic rings. The SMILES string of the molecule is Nc1c(Cl)ncnc1-n1ccc2ccccc21. The van der Waals surface area contributed by atoms with Crippen LogP contribution in [-0.4, -0.2) is 14.5 Å². The summed E-state index contributed by atoms with van der Waals surface area (Å²) in [6.07, 6.45) is 3.32. The Morgan fingerprint density at radius 3 is 2.82 bits per heavy atom. The van der Waals surface area contributed by atoms with Gasteiger partial charge in [0.25, 0.3) is 0 Å². The molecule has 17 heavy (non-hydrogen) atoms. The fourth-order valence-electron chi connectivity index (χ4n) is 1.83. The largest absolute Gasteiger partial charge is 0.393 e. The fraction of sp³-hybridized carbons (Fsp3) is 0. The maximum Gasteiger partial charge on any atom is 0.165 e. The smallest absolute Gasteiger partial charge is 0.165 e. The molecule has 0 aliphatic heterocycles. The van der Waals surface area contributed by atoms with Crippen molar-refractivity contribution in [2.75, 3.05) is 5.73 Å². The van der Waals surface area contributed by atoms with Crippen LogP contribution in [0.1, 0.15) is 0 Å². The number of aromatic nitrogens is 3. The van der Waals surface area contributed by atoms with Crippen molar-refractivity contribution in [1.29, 1.82) is 0 Å². The van der Waals surface area contributed by atoms with Gasteiger partial charge in [-0.3, -0.25) is 4.57 Å². The van der Waals surface area contributed by atoms with Crippen molar-refractivity contribution in [3.05, 3.63) is 48.0 Å². The molecule has 0 saturated carbocycles. The molecule has 0 bridgehead atoms. The molecule has 2 N–H and O–H groups in total. The van der Waals surface area contributed by atoms with Crippen molar-refractivity contribution in [2.24, 2.45) is 0 Å². The third-order valence-electron chi connectivity index (χ3n) is 2.64. The summed E-state index contributed by atoms with van der Waals surface area (Å²) in [5.74, 6) is 0.603. The van der Waals surface area contributed by atoms with E-state index in [4.69, 9.17) is 17.3 Å². The molecule has 0 atom stereocenters. The molecule has 0 aliphatic carbocycles. The van der Waals surface area contributed by atoms with Crippen LogP contribution in [0, 0.1) is 0 Å². The average Bonchev–Trinajstić information content (AvgIpc) is 2.77. The van der Waals surface area contributed by atoms with Gasteiger partial charge in [0.15, 0.2) is 11.0 Å². The van der Waals surface area contributed by atoms with Crippen molar-refractivity contribution in [1.82, 2.24) is 14.5 Å². The van der Waals surface area contributed by atoms with Gasteiger partial charge >= 0.3 is 0 Å². The summed E-state index contributed by atoms with van der Waals surface area (Å²) in [5, 5.41) is 1.40. The van der Waals surface area contributed by atoms with Crippen LogP contribution in [0.25, 0.3) is 16.7 Å². The Labute approximate surface area is 103 Å². The van der Waals surface area contributed by atoms with E-state index in [2.05, 4.69) is 9.97 Å². The second-order valence-electron chi connectivity index (χ2n) is 3.65. The van der Waals surface area contributed by atoms with Crippen molar-refractivity contribution >= 4 is 28.2 Å². The third-order valence-corrected chi connectivity index (χ3v) is 2.94. The minimum atomic E-state index is 0.271. The lowest BCUT2D eigenvalue weighted by molar-refractivity contribution is 1.02. The van der Waals surface area contributed by atoms with Crippen molar-refractivity contribution in [2.45, 2.75) is 0 Å². The van der Waals surface area contributed by atoms with E-state index in [9.17, 15) is 0 Å². The average molecular weight is 245 g/mol. The standard InChI is InChI=1S/C12H9ClN4/c13-11-10(14)12(16-7-15-11)17-6-5-8-3-1-2-4-9(8)17/h1-7H,14H2. The minimum Gasteiger partial charge on any atom is -0.393 e. The van der Waals surface area contributed by atoms with Crippen molar-refractivity contribution in [3.63, 3.8) is 0 Å². The number of benzene rings is 1. The number of anilines is 1. The second kappa shape index (κ2) is 3.75. The molecule has 0 fully saturated rings. The van der Waals surface area contributed by atoms with E-state index in [-0.39, 0.29) is 5.15 Å². The maximum atomic E-state index is 5.89. The molecule has 0 spiro atoms. The highest BCUT2D eigenvalue weighted by Crippen LogP contribution is 2.25. The van der Waals surface area contributed by atoms with E-state index >= 15 is 0 Å². The van der Waals surface area contributed by atoms with E-state index in [0.717, 1.165) is 10.9 Å². The first-order valence-electron chi connectivity index (χ1n) is 5.10. The van der Waals surface area contributed by atoms with Gasteiger partial charge in [-0.2, -0.15) is 0 Å². The Morgan fingerprint density at radius 1 is 1.12 bits per heavy atom. The topological polar surface area (TPSA) is 56.7 Å². The second-order valence-corrected chi connectivity index (χ2v) is 4.00. The summed E-state index contributed by atoms with van der Waals surface area (Å²) in [4.78, 5) is 8.02. The van der Waals surface area contributed by atoms with E-state index in [1.165, 1.54) is 6.33 Å². The number of para-hydroxylation sites is 1. The molecule has 0 saturated heterocycles. The lowest BCUT2D eigenvalue weighted by Crippen LogP contribution is -2.03. The summed E-state index contributed by atoms with van der Waals surface area (Å²) < 4.78 is 1.90. The number of nitrogen functional groups attached to an aromatic ring is 1. The molecule has 0 radical (unpaired) electrons. The van der Waals surface area contributed by atoms with E-state index < -0.39 is 0 Å². The molecule has 2 heterocycles. The van der Waals surface area contributed by atoms with Gasteiger partial charge in [0.2, 0.25) is 0 Å². The van der Waals surface area contributed by atoms with Gasteiger partial charge < -0.3 is 5.73 Å². The van der Waals surface area contributed by atoms with Gasteiger partial charge in [0.1, 0.15) is 12.0 Å². The van der Waals surface area contributed by atoms with E-state index in [1.54, 1.807) is 0 Å². The van der Waals surface area contributed by atoms with Gasteiger partial charge in [-0.15, -0.1) is 0 Å². The number of hydrogen-bond donors (Lipinski definition) is 1. The molecule has 4 nitrogen and oxygen atoms in total. The molecular weight excluding hydrogens is 236 g/mol. The monoisotopic (exact) mass is 244 g/mol. The van der Waals surface area contributed by atoms with Crippen LogP contribution in [0.2, 0.25) is 5.15 Å². The summed E-state index contributed by atoms with van der Waals surface area (Å²) in [5.41, 5.74) is 7.31. The molecule has 0 amide bonds. The first-order valence-corrected chi connectivity index (χ1v) is 5.47.